The number of pyridine rings is 1. The third kappa shape index (κ3) is 3.07. The van der Waals surface area contributed by atoms with E-state index in [-0.39, 0.29) is 29.7 Å². The first-order valence-corrected chi connectivity index (χ1v) is 6.33. The smallest absolute Gasteiger partial charge is 0.276 e. The molecular formula is C12H15N5O4. The number of imide groups is 1. The molecule has 0 radical (unpaired) electrons. The molecule has 0 spiro atoms. The molecule has 9 heteroatoms. The number of anilines is 2. The van der Waals surface area contributed by atoms with Crippen molar-refractivity contribution >= 4 is 29.1 Å². The minimum atomic E-state index is -0.619. The van der Waals surface area contributed by atoms with Gasteiger partial charge in [-0.3, -0.25) is 24.6 Å². The van der Waals surface area contributed by atoms with E-state index in [1.807, 2.05) is 0 Å². The lowest BCUT2D eigenvalue weighted by Gasteiger charge is -2.28. The fourth-order valence-corrected chi connectivity index (χ4v) is 2.05. The van der Waals surface area contributed by atoms with E-state index in [0.29, 0.717) is 12.2 Å². The number of carbonyl (C=O) groups is 2. The van der Waals surface area contributed by atoms with Crippen LogP contribution in [0.3, 0.4) is 0 Å². The second kappa shape index (κ2) is 5.73. The molecule has 0 bridgehead atoms. The predicted octanol–water partition coefficient (Wildman–Crippen LogP) is 0.591. The monoisotopic (exact) mass is 293 g/mol. The van der Waals surface area contributed by atoms with Crippen molar-refractivity contribution in [3.8, 4) is 0 Å². The number of piperidine rings is 1. The van der Waals surface area contributed by atoms with Crippen LogP contribution in [0.25, 0.3) is 0 Å². The zero-order chi connectivity index (χ0) is 15.6. The molecule has 1 unspecified atom stereocenters. The minimum Gasteiger partial charge on any atom is -0.373 e. The van der Waals surface area contributed by atoms with Crippen LogP contribution in [-0.2, 0) is 9.59 Å². The average Bonchev–Trinajstić information content (AvgIpc) is 2.47. The Bertz CT molecular complexity index is 603. The third-order valence-corrected chi connectivity index (χ3v) is 3.25. The SMILES string of the molecule is CNc1cc([N+](=O)[O-])cc(NC2CCC(=O)N(C)C2=O)n1. The van der Waals surface area contributed by atoms with Gasteiger partial charge in [-0.25, -0.2) is 4.98 Å². The summed E-state index contributed by atoms with van der Waals surface area (Å²) in [6.45, 7) is 0. The number of nitro groups is 1. The van der Waals surface area contributed by atoms with Crippen LogP contribution < -0.4 is 10.6 Å². The van der Waals surface area contributed by atoms with Crippen LogP contribution in [0, 0.1) is 10.1 Å². The molecule has 9 nitrogen and oxygen atoms in total. The average molecular weight is 293 g/mol. The van der Waals surface area contributed by atoms with Gasteiger partial charge in [0.1, 0.15) is 17.7 Å². The van der Waals surface area contributed by atoms with Gasteiger partial charge in [0.25, 0.3) is 11.6 Å². The van der Waals surface area contributed by atoms with E-state index >= 15 is 0 Å². The van der Waals surface area contributed by atoms with Gasteiger partial charge in [-0.15, -0.1) is 0 Å². The molecule has 1 saturated heterocycles. The summed E-state index contributed by atoms with van der Waals surface area (Å²) in [5.74, 6) is -0.0689. The molecule has 2 N–H and O–H groups in total. The molecule has 1 atom stereocenters. The Morgan fingerprint density at radius 2 is 2.05 bits per heavy atom. The van der Waals surface area contributed by atoms with Crippen molar-refractivity contribution in [1.29, 1.82) is 0 Å². The summed E-state index contributed by atoms with van der Waals surface area (Å²) in [6, 6.07) is 1.93. The normalized spacial score (nSPS) is 18.6. The molecule has 1 aromatic heterocycles. The van der Waals surface area contributed by atoms with Crippen LogP contribution in [0.1, 0.15) is 12.8 Å². The van der Waals surface area contributed by atoms with E-state index in [9.17, 15) is 19.7 Å². The number of aromatic nitrogens is 1. The quantitative estimate of drug-likeness (QED) is 0.474. The third-order valence-electron chi connectivity index (χ3n) is 3.25. The highest BCUT2D eigenvalue weighted by Crippen LogP contribution is 2.22. The van der Waals surface area contributed by atoms with Gasteiger partial charge in [0.05, 0.1) is 17.1 Å². The van der Waals surface area contributed by atoms with Gasteiger partial charge in [-0.1, -0.05) is 0 Å². The topological polar surface area (TPSA) is 117 Å². The molecular weight excluding hydrogens is 278 g/mol. The van der Waals surface area contributed by atoms with Crippen molar-refractivity contribution < 1.29 is 14.5 Å². The molecule has 21 heavy (non-hydrogen) atoms. The number of likely N-dealkylation sites (tertiary alicyclic amines) is 1. The molecule has 0 saturated carbocycles. The first-order chi connectivity index (χ1) is 9.92. The molecule has 2 amide bonds. The lowest BCUT2D eigenvalue weighted by Crippen LogP contribution is -2.48. The van der Waals surface area contributed by atoms with Crippen molar-refractivity contribution in [2.75, 3.05) is 24.7 Å². The van der Waals surface area contributed by atoms with Gasteiger partial charge in [0, 0.05) is 20.5 Å². The summed E-state index contributed by atoms with van der Waals surface area (Å²) < 4.78 is 0. The Kier molecular flexibility index (Phi) is 4.01. The fourth-order valence-electron chi connectivity index (χ4n) is 2.05. The Morgan fingerprint density at radius 3 is 2.67 bits per heavy atom. The lowest BCUT2D eigenvalue weighted by atomic mass is 10.0. The molecule has 0 aliphatic carbocycles. The number of rotatable bonds is 4. The summed E-state index contributed by atoms with van der Waals surface area (Å²) in [5, 5.41) is 16.4. The number of carbonyl (C=O) groups excluding carboxylic acids is 2. The van der Waals surface area contributed by atoms with E-state index < -0.39 is 11.0 Å². The standard InChI is InChI=1S/C12H15N5O4/c1-13-9-5-7(17(20)21)6-10(15-9)14-8-3-4-11(18)16(2)12(8)19/h5-6,8H,3-4H2,1-2H3,(H2,13,14,15). The van der Waals surface area contributed by atoms with E-state index in [2.05, 4.69) is 15.6 Å². The first-order valence-electron chi connectivity index (χ1n) is 6.33. The number of hydrogen-bond donors (Lipinski definition) is 2. The van der Waals surface area contributed by atoms with Gasteiger partial charge in [0.2, 0.25) is 5.91 Å². The summed E-state index contributed by atoms with van der Waals surface area (Å²) in [6.07, 6.45) is 0.578. The van der Waals surface area contributed by atoms with E-state index in [1.54, 1.807) is 7.05 Å². The Hall–Kier alpha value is -2.71. The molecule has 2 heterocycles. The van der Waals surface area contributed by atoms with Gasteiger partial charge in [-0.2, -0.15) is 0 Å². The Balaban J connectivity index is 2.23. The van der Waals surface area contributed by atoms with E-state index in [1.165, 1.54) is 19.2 Å². The highest BCUT2D eigenvalue weighted by molar-refractivity contribution is 6.01. The number of hydrogen-bond acceptors (Lipinski definition) is 7. The fraction of sp³-hybridized carbons (Fsp3) is 0.417. The molecule has 112 valence electrons. The zero-order valence-corrected chi connectivity index (χ0v) is 11.6. The molecule has 1 aliphatic rings. The second-order valence-electron chi connectivity index (χ2n) is 4.63. The number of amides is 2. The van der Waals surface area contributed by atoms with Gasteiger partial charge in [0.15, 0.2) is 0 Å². The number of nitrogens with zero attached hydrogens (tertiary/aromatic N) is 3. The summed E-state index contributed by atoms with van der Waals surface area (Å²) in [4.78, 5) is 38.9. The van der Waals surface area contributed by atoms with Crippen molar-refractivity contribution in [3.63, 3.8) is 0 Å². The molecule has 1 fully saturated rings. The summed E-state index contributed by atoms with van der Waals surface area (Å²) in [7, 11) is 3.01. The van der Waals surface area contributed by atoms with Crippen molar-refractivity contribution in [2.24, 2.45) is 0 Å². The van der Waals surface area contributed by atoms with Crippen LogP contribution in [0.2, 0.25) is 0 Å². The highest BCUT2D eigenvalue weighted by Gasteiger charge is 2.32. The lowest BCUT2D eigenvalue weighted by molar-refractivity contribution is -0.384. The summed E-state index contributed by atoms with van der Waals surface area (Å²) >= 11 is 0. The number of likely N-dealkylation sites (N-methyl/N-ethyl adjacent to an activating group) is 1. The van der Waals surface area contributed by atoms with Crippen molar-refractivity contribution in [3.05, 3.63) is 22.2 Å². The van der Waals surface area contributed by atoms with Crippen molar-refractivity contribution in [1.82, 2.24) is 9.88 Å². The van der Waals surface area contributed by atoms with Crippen LogP contribution in [0.5, 0.6) is 0 Å². The number of nitrogens with one attached hydrogen (secondary N) is 2. The van der Waals surface area contributed by atoms with Crippen LogP contribution >= 0.6 is 0 Å². The Morgan fingerprint density at radius 1 is 1.38 bits per heavy atom. The molecule has 1 aromatic rings. The maximum atomic E-state index is 12.0. The molecule has 2 rings (SSSR count). The van der Waals surface area contributed by atoms with E-state index in [0.717, 1.165) is 4.90 Å². The maximum absolute atomic E-state index is 12.0. The minimum absolute atomic E-state index is 0.135. The highest BCUT2D eigenvalue weighted by atomic mass is 16.6. The zero-order valence-electron chi connectivity index (χ0n) is 11.6. The summed E-state index contributed by atoms with van der Waals surface area (Å²) in [5.41, 5.74) is -0.135. The molecule has 1 aliphatic heterocycles. The Labute approximate surface area is 120 Å². The maximum Gasteiger partial charge on any atom is 0.276 e. The molecule has 0 aromatic carbocycles. The van der Waals surface area contributed by atoms with Gasteiger partial charge in [-0.05, 0) is 6.42 Å². The van der Waals surface area contributed by atoms with Crippen molar-refractivity contribution in [2.45, 2.75) is 18.9 Å². The van der Waals surface area contributed by atoms with Crippen LogP contribution in [-0.4, -0.2) is 46.8 Å². The second-order valence-corrected chi connectivity index (χ2v) is 4.63. The largest absolute Gasteiger partial charge is 0.373 e. The first kappa shape index (κ1) is 14.7. The van der Waals surface area contributed by atoms with Gasteiger partial charge >= 0.3 is 0 Å². The van der Waals surface area contributed by atoms with Gasteiger partial charge < -0.3 is 10.6 Å². The van der Waals surface area contributed by atoms with Crippen LogP contribution in [0.15, 0.2) is 12.1 Å². The predicted molar refractivity (Wildman–Crippen MR) is 74.9 cm³/mol. The van der Waals surface area contributed by atoms with E-state index in [4.69, 9.17) is 0 Å². The van der Waals surface area contributed by atoms with Crippen LogP contribution in [0.4, 0.5) is 17.3 Å².